The van der Waals surface area contributed by atoms with E-state index in [1.807, 2.05) is 44.2 Å². The molecule has 0 unspecified atom stereocenters. The normalized spacial score (nSPS) is 19.3. The highest BCUT2D eigenvalue weighted by molar-refractivity contribution is 8.18. The Bertz CT molecular complexity index is 532. The lowest BCUT2D eigenvalue weighted by atomic mass is 10.1. The summed E-state index contributed by atoms with van der Waals surface area (Å²) in [5, 5.41) is 0.946. The summed E-state index contributed by atoms with van der Waals surface area (Å²) < 4.78 is 4.96. The molecule has 0 fully saturated rings. The number of nitrogens with zero attached hydrogens (tertiary/aromatic N) is 1. The zero-order valence-corrected chi connectivity index (χ0v) is 12.2. The average molecular weight is 275 g/mol. The second kappa shape index (κ2) is 5.61. The summed E-state index contributed by atoms with van der Waals surface area (Å²) >= 11 is 1.54. The fourth-order valence-electron chi connectivity index (χ4n) is 1.76. The second-order valence-electron chi connectivity index (χ2n) is 4.70. The van der Waals surface area contributed by atoms with Crippen LogP contribution in [0.25, 0.3) is 0 Å². The van der Waals surface area contributed by atoms with Gasteiger partial charge in [-0.05, 0) is 20.8 Å². The molecule has 0 N–H and O–H groups in total. The Balaban J connectivity index is 2.23. The van der Waals surface area contributed by atoms with Crippen LogP contribution in [0.5, 0.6) is 0 Å². The Morgan fingerprint density at radius 2 is 2.05 bits per heavy atom. The fraction of sp³-hybridized carbons (Fsp3) is 0.333. The van der Waals surface area contributed by atoms with Crippen molar-refractivity contribution in [1.82, 2.24) is 0 Å². The van der Waals surface area contributed by atoms with Crippen molar-refractivity contribution in [2.45, 2.75) is 26.3 Å². The van der Waals surface area contributed by atoms with Gasteiger partial charge in [-0.25, -0.2) is 4.79 Å². The lowest BCUT2D eigenvalue weighted by Gasteiger charge is -2.14. The third-order valence-electron chi connectivity index (χ3n) is 2.75. The van der Waals surface area contributed by atoms with E-state index >= 15 is 0 Å². The van der Waals surface area contributed by atoms with Gasteiger partial charge in [0.2, 0.25) is 0 Å². The SMILES string of the molecule is CCOC(=O)/C=C1/SC(c2ccccc2)=NC1(C)C. The molecular weight excluding hydrogens is 258 g/mol. The number of hydrogen-bond acceptors (Lipinski definition) is 4. The Kier molecular flexibility index (Phi) is 4.10. The molecule has 0 radical (unpaired) electrons. The van der Waals surface area contributed by atoms with Gasteiger partial charge in [0.05, 0.1) is 12.1 Å². The topological polar surface area (TPSA) is 38.7 Å². The van der Waals surface area contributed by atoms with Crippen molar-refractivity contribution in [3.8, 4) is 0 Å². The molecule has 3 nitrogen and oxygen atoms in total. The highest BCUT2D eigenvalue weighted by Gasteiger charge is 2.32. The standard InChI is InChI=1S/C15H17NO2S/c1-4-18-13(17)10-12-15(2,3)16-14(19-12)11-8-6-5-7-9-11/h5-10H,4H2,1-3H3/b12-10+. The van der Waals surface area contributed by atoms with Crippen LogP contribution < -0.4 is 0 Å². The van der Waals surface area contributed by atoms with Gasteiger partial charge in [-0.15, -0.1) is 0 Å². The third kappa shape index (κ3) is 3.26. The smallest absolute Gasteiger partial charge is 0.331 e. The summed E-state index contributed by atoms with van der Waals surface area (Å²) in [5.41, 5.74) is 0.704. The molecule has 0 aromatic heterocycles. The molecule has 100 valence electrons. The number of carbonyl (C=O) groups is 1. The molecule has 0 spiro atoms. The molecule has 1 aliphatic rings. The second-order valence-corrected chi connectivity index (χ2v) is 5.74. The van der Waals surface area contributed by atoms with Gasteiger partial charge in [0.25, 0.3) is 0 Å². The van der Waals surface area contributed by atoms with E-state index in [1.54, 1.807) is 13.0 Å². The molecule has 0 bridgehead atoms. The van der Waals surface area contributed by atoms with Crippen LogP contribution in [0.15, 0.2) is 46.3 Å². The Morgan fingerprint density at radius 1 is 1.37 bits per heavy atom. The summed E-state index contributed by atoms with van der Waals surface area (Å²) in [5.74, 6) is -0.303. The van der Waals surface area contributed by atoms with Crippen molar-refractivity contribution in [3.05, 3.63) is 46.9 Å². The minimum atomic E-state index is -0.372. The molecule has 1 aromatic carbocycles. The quantitative estimate of drug-likeness (QED) is 0.627. The van der Waals surface area contributed by atoms with Crippen molar-refractivity contribution in [2.24, 2.45) is 4.99 Å². The van der Waals surface area contributed by atoms with Gasteiger partial charge in [-0.1, -0.05) is 42.1 Å². The van der Waals surface area contributed by atoms with Gasteiger partial charge in [0, 0.05) is 16.5 Å². The van der Waals surface area contributed by atoms with E-state index in [9.17, 15) is 4.79 Å². The number of aliphatic imine (C=N–C) groups is 1. The van der Waals surface area contributed by atoms with E-state index in [4.69, 9.17) is 4.74 Å². The molecule has 0 saturated heterocycles. The summed E-state index contributed by atoms with van der Waals surface area (Å²) in [6.07, 6.45) is 1.55. The zero-order valence-electron chi connectivity index (χ0n) is 11.3. The van der Waals surface area contributed by atoms with Crippen molar-refractivity contribution < 1.29 is 9.53 Å². The predicted molar refractivity (Wildman–Crippen MR) is 79.4 cm³/mol. The highest BCUT2D eigenvalue weighted by Crippen LogP contribution is 2.41. The van der Waals surface area contributed by atoms with Gasteiger partial charge in [-0.2, -0.15) is 0 Å². The number of thioether (sulfide) groups is 1. The molecule has 19 heavy (non-hydrogen) atoms. The molecule has 0 amide bonds. The highest BCUT2D eigenvalue weighted by atomic mass is 32.2. The van der Waals surface area contributed by atoms with Gasteiger partial charge >= 0.3 is 5.97 Å². The molecular formula is C15H17NO2S. The first-order valence-electron chi connectivity index (χ1n) is 6.25. The Hall–Kier alpha value is -1.55. The molecule has 4 heteroatoms. The van der Waals surface area contributed by atoms with Crippen molar-refractivity contribution in [3.63, 3.8) is 0 Å². The maximum Gasteiger partial charge on any atom is 0.331 e. The first-order valence-corrected chi connectivity index (χ1v) is 7.06. The number of benzene rings is 1. The number of ether oxygens (including phenoxy) is 1. The van der Waals surface area contributed by atoms with E-state index in [-0.39, 0.29) is 11.5 Å². The molecule has 0 aliphatic carbocycles. The molecule has 2 rings (SSSR count). The van der Waals surface area contributed by atoms with Crippen LogP contribution in [0.2, 0.25) is 0 Å². The number of esters is 1. The number of hydrogen-bond donors (Lipinski definition) is 0. The fourth-order valence-corrected chi connectivity index (χ4v) is 2.95. The lowest BCUT2D eigenvalue weighted by Crippen LogP contribution is -2.15. The summed E-state index contributed by atoms with van der Waals surface area (Å²) in [4.78, 5) is 17.2. The van der Waals surface area contributed by atoms with E-state index in [2.05, 4.69) is 4.99 Å². The number of rotatable bonds is 3. The van der Waals surface area contributed by atoms with Gasteiger partial charge < -0.3 is 4.74 Å². The largest absolute Gasteiger partial charge is 0.463 e. The Labute approximate surface area is 117 Å². The van der Waals surface area contributed by atoms with E-state index in [0.717, 1.165) is 15.5 Å². The van der Waals surface area contributed by atoms with Crippen LogP contribution in [0.3, 0.4) is 0 Å². The molecule has 0 atom stereocenters. The first-order chi connectivity index (χ1) is 9.03. The van der Waals surface area contributed by atoms with E-state index in [0.29, 0.717) is 6.61 Å². The summed E-state index contributed by atoms with van der Waals surface area (Å²) in [6.45, 7) is 6.19. The zero-order chi connectivity index (χ0) is 13.9. The minimum absolute atomic E-state index is 0.303. The van der Waals surface area contributed by atoms with Gasteiger partial charge in [0.1, 0.15) is 5.04 Å². The van der Waals surface area contributed by atoms with Crippen molar-refractivity contribution >= 4 is 22.8 Å². The molecule has 1 heterocycles. The maximum absolute atomic E-state index is 11.6. The molecule has 0 saturated carbocycles. The molecule has 1 aliphatic heterocycles. The summed E-state index contributed by atoms with van der Waals surface area (Å²) in [7, 11) is 0. The minimum Gasteiger partial charge on any atom is -0.463 e. The van der Waals surface area contributed by atoms with Crippen LogP contribution >= 0.6 is 11.8 Å². The van der Waals surface area contributed by atoms with Crippen LogP contribution in [0, 0.1) is 0 Å². The van der Waals surface area contributed by atoms with Crippen LogP contribution in [0.4, 0.5) is 0 Å². The average Bonchev–Trinajstić information content (AvgIpc) is 2.66. The van der Waals surface area contributed by atoms with Gasteiger partial charge in [0.15, 0.2) is 0 Å². The summed E-state index contributed by atoms with van der Waals surface area (Å²) in [6, 6.07) is 9.99. The Morgan fingerprint density at radius 3 is 2.68 bits per heavy atom. The predicted octanol–water partition coefficient (Wildman–Crippen LogP) is 3.41. The van der Waals surface area contributed by atoms with Crippen molar-refractivity contribution in [2.75, 3.05) is 6.61 Å². The van der Waals surface area contributed by atoms with Crippen LogP contribution in [0.1, 0.15) is 26.3 Å². The lowest BCUT2D eigenvalue weighted by molar-refractivity contribution is -0.137. The maximum atomic E-state index is 11.6. The monoisotopic (exact) mass is 275 g/mol. The molecule has 1 aromatic rings. The van der Waals surface area contributed by atoms with Crippen molar-refractivity contribution in [1.29, 1.82) is 0 Å². The van der Waals surface area contributed by atoms with Crippen LogP contribution in [-0.2, 0) is 9.53 Å². The van der Waals surface area contributed by atoms with E-state index in [1.165, 1.54) is 11.8 Å². The first kappa shape index (κ1) is 13.9. The van der Waals surface area contributed by atoms with Gasteiger partial charge in [-0.3, -0.25) is 4.99 Å². The number of carbonyl (C=O) groups excluding carboxylic acids is 1. The van der Waals surface area contributed by atoms with Crippen LogP contribution in [-0.4, -0.2) is 23.2 Å². The third-order valence-corrected chi connectivity index (χ3v) is 4.10. The van der Waals surface area contributed by atoms with E-state index < -0.39 is 0 Å².